The standard InChI is InChI=1S/C20H28FN3O2/c1-15-12-16(4-5-18(15)21)13-22-19(25)14-23-10-6-17(7-11-23)20(26)24-8-2-3-9-24/h4-5,12,17H,2-3,6-11,13-14H2,1H3,(H,22,25). The molecule has 0 aliphatic carbocycles. The van der Waals surface area contributed by atoms with E-state index in [2.05, 4.69) is 10.2 Å². The molecular weight excluding hydrogens is 333 g/mol. The minimum Gasteiger partial charge on any atom is -0.351 e. The number of aryl methyl sites for hydroxylation is 1. The highest BCUT2D eigenvalue weighted by atomic mass is 19.1. The molecule has 0 radical (unpaired) electrons. The van der Waals surface area contributed by atoms with Crippen molar-refractivity contribution in [3.63, 3.8) is 0 Å². The van der Waals surface area contributed by atoms with Gasteiger partial charge in [-0.25, -0.2) is 4.39 Å². The second-order valence-corrected chi connectivity index (χ2v) is 7.44. The van der Waals surface area contributed by atoms with Gasteiger partial charge in [-0.15, -0.1) is 0 Å². The average Bonchev–Trinajstić information content (AvgIpc) is 3.17. The molecule has 5 nitrogen and oxygen atoms in total. The molecule has 142 valence electrons. The second kappa shape index (κ2) is 8.62. The van der Waals surface area contributed by atoms with Crippen molar-refractivity contribution in [1.82, 2.24) is 15.1 Å². The Labute approximate surface area is 154 Å². The topological polar surface area (TPSA) is 52.7 Å². The van der Waals surface area contributed by atoms with Crippen molar-refractivity contribution in [2.45, 2.75) is 39.2 Å². The van der Waals surface area contributed by atoms with Gasteiger partial charge in [-0.1, -0.05) is 12.1 Å². The SMILES string of the molecule is Cc1cc(CNC(=O)CN2CCC(C(=O)N3CCCC3)CC2)ccc1F. The van der Waals surface area contributed by atoms with Crippen LogP contribution in [0.5, 0.6) is 0 Å². The third kappa shape index (κ3) is 4.81. The molecule has 2 aliphatic heterocycles. The van der Waals surface area contributed by atoms with Crippen LogP contribution in [0.1, 0.15) is 36.8 Å². The van der Waals surface area contributed by atoms with Crippen LogP contribution in [0, 0.1) is 18.7 Å². The fraction of sp³-hybridized carbons (Fsp3) is 0.600. The largest absolute Gasteiger partial charge is 0.351 e. The lowest BCUT2D eigenvalue weighted by Gasteiger charge is -2.32. The van der Waals surface area contributed by atoms with Crippen molar-refractivity contribution >= 4 is 11.8 Å². The quantitative estimate of drug-likeness (QED) is 0.874. The Kier molecular flexibility index (Phi) is 6.25. The van der Waals surface area contributed by atoms with Gasteiger partial charge < -0.3 is 10.2 Å². The van der Waals surface area contributed by atoms with E-state index in [1.807, 2.05) is 4.90 Å². The van der Waals surface area contributed by atoms with E-state index in [1.165, 1.54) is 6.07 Å². The number of piperidine rings is 1. The van der Waals surface area contributed by atoms with Crippen molar-refractivity contribution in [1.29, 1.82) is 0 Å². The van der Waals surface area contributed by atoms with Crippen LogP contribution in [0.2, 0.25) is 0 Å². The van der Waals surface area contributed by atoms with Gasteiger partial charge in [0.05, 0.1) is 6.54 Å². The number of benzene rings is 1. The van der Waals surface area contributed by atoms with Crippen molar-refractivity contribution in [3.8, 4) is 0 Å². The summed E-state index contributed by atoms with van der Waals surface area (Å²) >= 11 is 0. The second-order valence-electron chi connectivity index (χ2n) is 7.44. The maximum Gasteiger partial charge on any atom is 0.234 e. The number of halogens is 1. The van der Waals surface area contributed by atoms with Crippen LogP contribution in [0.25, 0.3) is 0 Å². The normalized spacial score (nSPS) is 18.9. The van der Waals surface area contributed by atoms with Crippen molar-refractivity contribution in [2.75, 3.05) is 32.7 Å². The molecule has 0 bridgehead atoms. The highest BCUT2D eigenvalue weighted by Gasteiger charge is 2.30. The number of nitrogens with zero attached hydrogens (tertiary/aromatic N) is 2. The van der Waals surface area contributed by atoms with Crippen LogP contribution in [0.3, 0.4) is 0 Å². The number of hydrogen-bond acceptors (Lipinski definition) is 3. The van der Waals surface area contributed by atoms with Gasteiger partial charge in [0.2, 0.25) is 11.8 Å². The molecule has 1 N–H and O–H groups in total. The highest BCUT2D eigenvalue weighted by molar-refractivity contribution is 5.79. The zero-order chi connectivity index (χ0) is 18.5. The molecule has 2 fully saturated rings. The maximum absolute atomic E-state index is 13.3. The number of amides is 2. The zero-order valence-corrected chi connectivity index (χ0v) is 15.5. The Hall–Kier alpha value is -1.95. The number of carbonyl (C=O) groups is 2. The number of rotatable bonds is 5. The summed E-state index contributed by atoms with van der Waals surface area (Å²) in [5.74, 6) is 0.163. The van der Waals surface area contributed by atoms with Gasteiger partial charge >= 0.3 is 0 Å². The maximum atomic E-state index is 13.3. The predicted molar refractivity (Wildman–Crippen MR) is 98.0 cm³/mol. The Morgan fingerprint density at radius 3 is 2.50 bits per heavy atom. The Morgan fingerprint density at radius 1 is 1.15 bits per heavy atom. The Morgan fingerprint density at radius 2 is 1.85 bits per heavy atom. The molecule has 0 spiro atoms. The summed E-state index contributed by atoms with van der Waals surface area (Å²) in [6.07, 6.45) is 3.91. The Bertz CT molecular complexity index is 650. The van der Waals surface area contributed by atoms with Crippen LogP contribution < -0.4 is 5.32 Å². The first-order chi connectivity index (χ1) is 12.5. The molecular formula is C20H28FN3O2. The van der Waals surface area contributed by atoms with Crippen LogP contribution in [0.4, 0.5) is 4.39 Å². The molecule has 3 rings (SSSR count). The van der Waals surface area contributed by atoms with E-state index in [0.29, 0.717) is 24.6 Å². The monoisotopic (exact) mass is 361 g/mol. The molecule has 2 saturated heterocycles. The zero-order valence-electron chi connectivity index (χ0n) is 15.5. The minimum atomic E-state index is -0.230. The van der Waals surface area contributed by atoms with Crippen LogP contribution in [-0.2, 0) is 16.1 Å². The van der Waals surface area contributed by atoms with E-state index >= 15 is 0 Å². The highest BCUT2D eigenvalue weighted by Crippen LogP contribution is 2.21. The average molecular weight is 361 g/mol. The molecule has 0 aromatic heterocycles. The minimum absolute atomic E-state index is 0.0312. The summed E-state index contributed by atoms with van der Waals surface area (Å²) in [6.45, 7) is 5.86. The van der Waals surface area contributed by atoms with Crippen LogP contribution >= 0.6 is 0 Å². The summed E-state index contributed by atoms with van der Waals surface area (Å²) in [4.78, 5) is 28.7. The van der Waals surface area contributed by atoms with E-state index in [4.69, 9.17) is 0 Å². The first kappa shape index (κ1) is 18.8. The smallest absolute Gasteiger partial charge is 0.234 e. The fourth-order valence-corrected chi connectivity index (χ4v) is 3.81. The number of hydrogen-bond donors (Lipinski definition) is 1. The molecule has 0 saturated carbocycles. The molecule has 2 aliphatic rings. The van der Waals surface area contributed by atoms with E-state index < -0.39 is 0 Å². The summed E-state index contributed by atoms with van der Waals surface area (Å²) in [6, 6.07) is 4.88. The molecule has 26 heavy (non-hydrogen) atoms. The number of likely N-dealkylation sites (tertiary alicyclic amines) is 2. The molecule has 2 amide bonds. The molecule has 2 heterocycles. The van der Waals surface area contributed by atoms with Crippen molar-refractivity contribution in [3.05, 3.63) is 35.1 Å². The summed E-state index contributed by atoms with van der Waals surface area (Å²) in [5, 5.41) is 2.89. The van der Waals surface area contributed by atoms with Gasteiger partial charge in [0.15, 0.2) is 0 Å². The van der Waals surface area contributed by atoms with Crippen LogP contribution in [0.15, 0.2) is 18.2 Å². The summed E-state index contributed by atoms with van der Waals surface area (Å²) in [5.41, 5.74) is 1.48. The van der Waals surface area contributed by atoms with Crippen LogP contribution in [-0.4, -0.2) is 54.3 Å². The first-order valence-corrected chi connectivity index (χ1v) is 9.56. The van der Waals surface area contributed by atoms with E-state index in [0.717, 1.165) is 57.4 Å². The summed E-state index contributed by atoms with van der Waals surface area (Å²) in [7, 11) is 0. The first-order valence-electron chi connectivity index (χ1n) is 9.56. The molecule has 1 aromatic carbocycles. The lowest BCUT2D eigenvalue weighted by Crippen LogP contribution is -2.44. The van der Waals surface area contributed by atoms with Crippen molar-refractivity contribution in [2.24, 2.45) is 5.92 Å². The van der Waals surface area contributed by atoms with Gasteiger partial charge in [0.25, 0.3) is 0 Å². The molecule has 0 atom stereocenters. The van der Waals surface area contributed by atoms with Gasteiger partial charge in [0, 0.05) is 25.6 Å². The third-order valence-electron chi connectivity index (χ3n) is 5.43. The number of nitrogens with one attached hydrogen (secondary N) is 1. The van der Waals surface area contributed by atoms with Gasteiger partial charge in [0.1, 0.15) is 5.82 Å². The number of carbonyl (C=O) groups excluding carboxylic acids is 2. The van der Waals surface area contributed by atoms with E-state index in [1.54, 1.807) is 19.1 Å². The molecule has 0 unspecified atom stereocenters. The third-order valence-corrected chi connectivity index (χ3v) is 5.43. The molecule has 6 heteroatoms. The van der Waals surface area contributed by atoms with Gasteiger partial charge in [-0.3, -0.25) is 14.5 Å². The summed E-state index contributed by atoms with van der Waals surface area (Å²) < 4.78 is 13.3. The van der Waals surface area contributed by atoms with Crippen molar-refractivity contribution < 1.29 is 14.0 Å². The Balaban J connectivity index is 1.39. The van der Waals surface area contributed by atoms with Gasteiger partial charge in [-0.2, -0.15) is 0 Å². The lowest BCUT2D eigenvalue weighted by atomic mass is 9.95. The van der Waals surface area contributed by atoms with E-state index in [9.17, 15) is 14.0 Å². The van der Waals surface area contributed by atoms with E-state index in [-0.39, 0.29) is 17.6 Å². The molecule has 1 aromatic rings. The van der Waals surface area contributed by atoms with Gasteiger partial charge in [-0.05, 0) is 62.9 Å². The lowest BCUT2D eigenvalue weighted by molar-refractivity contribution is -0.136. The predicted octanol–water partition coefficient (Wildman–Crippen LogP) is 2.08. The fourth-order valence-electron chi connectivity index (χ4n) is 3.81.